The van der Waals surface area contributed by atoms with Crippen molar-refractivity contribution in [1.29, 1.82) is 0 Å². The molecule has 6 aliphatic rings. The van der Waals surface area contributed by atoms with Crippen molar-refractivity contribution in [2.75, 3.05) is 49.2 Å². The Labute approximate surface area is 392 Å². The van der Waals surface area contributed by atoms with E-state index in [0.29, 0.717) is 84.6 Å². The summed E-state index contributed by atoms with van der Waals surface area (Å²) in [5, 5.41) is 9.63. The first-order valence-electron chi connectivity index (χ1n) is 24.2. The molecule has 14 nitrogen and oxygen atoms in total. The smallest absolute Gasteiger partial charge is 0.161 e. The average Bonchev–Trinajstić information content (AvgIpc) is 3.91. The Bertz CT molecular complexity index is 2520. The lowest BCUT2D eigenvalue weighted by atomic mass is 9.82. The van der Waals surface area contributed by atoms with Crippen LogP contribution in [-0.2, 0) is 35.4 Å². The van der Waals surface area contributed by atoms with Gasteiger partial charge in [-0.3, -0.25) is 0 Å². The largest absolute Gasteiger partial charge is 0.365 e. The molecule has 0 radical (unpaired) electrons. The highest BCUT2D eigenvalue weighted by atomic mass is 19.1. The summed E-state index contributed by atoms with van der Waals surface area (Å²) >= 11 is 0. The number of hydrogen-bond donors (Lipinski definition) is 0. The second kappa shape index (κ2) is 18.9. The molecule has 4 bridgehead atoms. The number of piperidine rings is 2. The van der Waals surface area contributed by atoms with Gasteiger partial charge in [0.05, 0.1) is 0 Å². The molecule has 4 fully saturated rings. The van der Waals surface area contributed by atoms with Gasteiger partial charge in [-0.25, -0.2) is 56.8 Å². The summed E-state index contributed by atoms with van der Waals surface area (Å²) < 4.78 is 71.3. The van der Waals surface area contributed by atoms with E-state index in [1.807, 2.05) is 23.2 Å². The number of aromatic nitrogens is 10. The molecule has 6 aromatic rings. The Morgan fingerprint density at radius 1 is 0.515 bits per heavy atom. The zero-order valence-corrected chi connectivity index (χ0v) is 38.4. The van der Waals surface area contributed by atoms with E-state index >= 15 is 0 Å². The summed E-state index contributed by atoms with van der Waals surface area (Å²) in [7, 11) is 0. The van der Waals surface area contributed by atoms with Crippen LogP contribution < -0.4 is 9.80 Å². The summed E-state index contributed by atoms with van der Waals surface area (Å²) in [6.07, 6.45) is 10.1. The number of aryl methyl sites for hydroxylation is 4. The zero-order valence-electron chi connectivity index (χ0n) is 38.4. The highest BCUT2D eigenvalue weighted by Gasteiger charge is 2.44. The minimum Gasteiger partial charge on any atom is -0.365 e. The second-order valence-electron chi connectivity index (χ2n) is 19.6. The number of ether oxygens (including phenoxy) is 2. The highest BCUT2D eigenvalue weighted by Crippen LogP contribution is 2.46. The molecule has 2 aliphatic carbocycles. The molecule has 4 aliphatic heterocycles. The molecule has 0 amide bonds. The average molecular weight is 933 g/mol. The third-order valence-electron chi connectivity index (χ3n) is 15.1. The van der Waals surface area contributed by atoms with Crippen molar-refractivity contribution in [3.05, 3.63) is 130 Å². The second-order valence-corrected chi connectivity index (χ2v) is 19.6. The minimum absolute atomic E-state index is 0.438. The van der Waals surface area contributed by atoms with E-state index in [1.165, 1.54) is 49.9 Å². The molecule has 2 aromatic carbocycles. The Morgan fingerprint density at radius 2 is 0.897 bits per heavy atom. The van der Waals surface area contributed by atoms with Crippen molar-refractivity contribution < 1.29 is 27.0 Å². The van der Waals surface area contributed by atoms with Crippen molar-refractivity contribution in [1.82, 2.24) is 49.5 Å². The van der Waals surface area contributed by atoms with Gasteiger partial charge in [0.2, 0.25) is 0 Å². The number of fused-ring (bicyclic) bond motifs is 6. The van der Waals surface area contributed by atoms with E-state index in [4.69, 9.17) is 29.6 Å². The lowest BCUT2D eigenvalue weighted by Gasteiger charge is -2.38. The van der Waals surface area contributed by atoms with Crippen molar-refractivity contribution in [3.63, 3.8) is 0 Å². The number of rotatable bonds is 8. The third-order valence-corrected chi connectivity index (χ3v) is 15.1. The molecule has 0 spiro atoms. The molecule has 2 unspecified atom stereocenters. The summed E-state index contributed by atoms with van der Waals surface area (Å²) in [4.78, 5) is 31.9. The molecule has 356 valence electrons. The fourth-order valence-corrected chi connectivity index (χ4v) is 12.0. The molecule has 4 aromatic heterocycles. The highest BCUT2D eigenvalue weighted by molar-refractivity contribution is 5.41. The van der Waals surface area contributed by atoms with Gasteiger partial charge in [-0.1, -0.05) is 0 Å². The normalized spacial score (nSPS) is 26.4. The summed E-state index contributed by atoms with van der Waals surface area (Å²) in [6, 6.07) is 11.2. The first kappa shape index (κ1) is 44.6. The predicted octanol–water partition coefficient (Wildman–Crippen LogP) is 7.74. The van der Waals surface area contributed by atoms with Crippen LogP contribution in [0.3, 0.4) is 0 Å². The molecule has 12 rings (SSSR count). The van der Waals surface area contributed by atoms with Crippen LogP contribution in [0.4, 0.5) is 29.2 Å². The quantitative estimate of drug-likeness (QED) is 0.138. The third kappa shape index (κ3) is 9.32. The topological polar surface area (TPSA) is 138 Å². The standard InChI is InChI=1S/2C25H28F2N6O/c2*1-15-7-23(29-14-28-15)32-12-16-3-4-17(13-32)21(16)11-22-30-25-24(34-6-2-5-33(25)31-22)18-8-19(26)10-20(27)9-18/h2*7-10,14,16-17,21,24H,2-6,11-13H2,1H3/t2*16-,17+,21?,24-/m10/s1. The maximum Gasteiger partial charge on any atom is 0.161 e. The lowest BCUT2D eigenvalue weighted by molar-refractivity contribution is 0.0806. The first-order valence-corrected chi connectivity index (χ1v) is 24.2. The van der Waals surface area contributed by atoms with Crippen LogP contribution in [0.25, 0.3) is 0 Å². The van der Waals surface area contributed by atoms with Gasteiger partial charge >= 0.3 is 0 Å². The fraction of sp³-hybridized carbons (Fsp3) is 0.520. The molecule has 2 saturated carbocycles. The number of anilines is 2. The number of halogens is 4. The van der Waals surface area contributed by atoms with E-state index in [-0.39, 0.29) is 0 Å². The SMILES string of the molecule is Cc1cc(N2C[C@H]3CC[C@@H](C2)C3Cc2nc3n(n2)CCCO[C@@H]3c2cc(F)cc(F)c2)ncn1.Cc1cc(N2C[C@H]3CC[C@@H](C2)C3Cc2nc3n(n2)CCCO[C@H]3c2cc(F)cc(F)c2)ncn1. The van der Waals surface area contributed by atoms with Gasteiger partial charge in [0.25, 0.3) is 0 Å². The number of nitrogens with zero attached hydrogens (tertiary/aromatic N) is 12. The van der Waals surface area contributed by atoms with Crippen molar-refractivity contribution in [2.24, 2.45) is 35.5 Å². The van der Waals surface area contributed by atoms with E-state index in [2.05, 4.69) is 41.9 Å². The first-order chi connectivity index (χ1) is 33.1. The molecule has 18 heteroatoms. The Hall–Kier alpha value is -5.88. The number of benzene rings is 2. The Morgan fingerprint density at radius 3 is 1.26 bits per heavy atom. The van der Waals surface area contributed by atoms with Crippen LogP contribution in [-0.4, -0.2) is 88.9 Å². The van der Waals surface area contributed by atoms with Crippen molar-refractivity contribution in [3.8, 4) is 0 Å². The molecule has 8 atom stereocenters. The van der Waals surface area contributed by atoms with Crippen LogP contribution in [0, 0.1) is 72.6 Å². The van der Waals surface area contributed by atoms with Crippen LogP contribution >= 0.6 is 0 Å². The van der Waals surface area contributed by atoms with Gasteiger partial charge < -0.3 is 19.3 Å². The molecule has 8 heterocycles. The monoisotopic (exact) mass is 932 g/mol. The van der Waals surface area contributed by atoms with Crippen molar-refractivity contribution in [2.45, 2.75) is 90.5 Å². The van der Waals surface area contributed by atoms with E-state index in [9.17, 15) is 17.6 Å². The van der Waals surface area contributed by atoms with Crippen LogP contribution in [0.15, 0.2) is 61.2 Å². The van der Waals surface area contributed by atoms with Crippen LogP contribution in [0.5, 0.6) is 0 Å². The van der Waals surface area contributed by atoms with Gasteiger partial charge in [-0.15, -0.1) is 0 Å². The van der Waals surface area contributed by atoms with Gasteiger partial charge in [0, 0.05) is 101 Å². The maximum absolute atomic E-state index is 13.9. The van der Waals surface area contributed by atoms with Gasteiger partial charge in [0.15, 0.2) is 23.3 Å². The number of hydrogen-bond acceptors (Lipinski definition) is 12. The van der Waals surface area contributed by atoms with Crippen LogP contribution in [0.2, 0.25) is 0 Å². The summed E-state index contributed by atoms with van der Waals surface area (Å²) in [5.41, 5.74) is 2.84. The van der Waals surface area contributed by atoms with Gasteiger partial charge in [0.1, 0.15) is 59.8 Å². The lowest BCUT2D eigenvalue weighted by Crippen LogP contribution is -2.43. The molecular formula is C50H56F4N12O2. The van der Waals surface area contributed by atoms with E-state index < -0.39 is 35.5 Å². The van der Waals surface area contributed by atoms with Crippen molar-refractivity contribution >= 4 is 11.6 Å². The maximum atomic E-state index is 13.9. The van der Waals surface area contributed by atoms with E-state index in [1.54, 1.807) is 12.7 Å². The summed E-state index contributed by atoms with van der Waals surface area (Å²) in [6.45, 7) is 10.3. The Kier molecular flexibility index (Phi) is 12.4. The predicted molar refractivity (Wildman–Crippen MR) is 242 cm³/mol. The Balaban J connectivity index is 0.000000149. The molecule has 0 N–H and O–H groups in total. The summed E-state index contributed by atoms with van der Waals surface area (Å²) in [5.74, 6) is 5.78. The zero-order chi connectivity index (χ0) is 46.5. The van der Waals surface area contributed by atoms with E-state index in [0.717, 1.165) is 98.7 Å². The molecule has 68 heavy (non-hydrogen) atoms. The minimum atomic E-state index is -0.617. The van der Waals surface area contributed by atoms with Gasteiger partial charge in [-0.05, 0) is 123 Å². The van der Waals surface area contributed by atoms with Gasteiger partial charge in [-0.2, -0.15) is 10.2 Å². The molecular weight excluding hydrogens is 877 g/mol. The van der Waals surface area contributed by atoms with Crippen LogP contribution in [0.1, 0.15) is 96.5 Å². The fourth-order valence-electron chi connectivity index (χ4n) is 12.0. The molecule has 2 saturated heterocycles.